The number of halogens is 4. The van der Waals surface area contributed by atoms with E-state index in [1.165, 1.54) is 40.7 Å². The second kappa shape index (κ2) is 8.78. The zero-order chi connectivity index (χ0) is 26.4. The molecule has 13 heteroatoms. The molecule has 0 aliphatic carbocycles. The van der Waals surface area contributed by atoms with Crippen LogP contribution < -0.4 is 4.72 Å². The van der Waals surface area contributed by atoms with Crippen LogP contribution in [0.4, 0.5) is 17.6 Å². The van der Waals surface area contributed by atoms with Crippen LogP contribution in [0, 0.1) is 35.4 Å². The lowest BCUT2D eigenvalue weighted by Crippen LogP contribution is -2.42. The molecule has 0 fully saturated rings. The fourth-order valence-corrected chi connectivity index (χ4v) is 4.76. The van der Waals surface area contributed by atoms with Crippen molar-refractivity contribution in [2.45, 2.75) is 31.0 Å². The first-order valence-electron chi connectivity index (χ1n) is 10.2. The number of aryl methyl sites for hydroxylation is 1. The zero-order valence-electron chi connectivity index (χ0n) is 18.6. The van der Waals surface area contributed by atoms with Gasteiger partial charge in [0.05, 0.1) is 28.7 Å². The number of sulfonamides is 1. The van der Waals surface area contributed by atoms with Crippen LogP contribution in [0.2, 0.25) is 0 Å². The van der Waals surface area contributed by atoms with Crippen molar-refractivity contribution in [1.82, 2.24) is 14.3 Å². The highest BCUT2D eigenvalue weighted by Gasteiger charge is 2.39. The first kappa shape index (κ1) is 24.9. The fourth-order valence-electron chi connectivity index (χ4n) is 3.58. The van der Waals surface area contributed by atoms with Gasteiger partial charge >= 0.3 is 6.18 Å². The highest BCUT2D eigenvalue weighted by atomic mass is 32.2. The Morgan fingerprint density at radius 3 is 2.47 bits per heavy atom. The summed E-state index contributed by atoms with van der Waals surface area (Å²) >= 11 is 0. The van der Waals surface area contributed by atoms with Crippen molar-refractivity contribution in [3.8, 4) is 29.4 Å². The molecular formula is C23H15F4N5O3S. The molecule has 1 atom stereocenters. The zero-order valence-corrected chi connectivity index (χ0v) is 19.4. The van der Waals surface area contributed by atoms with Crippen LogP contribution in [0.3, 0.4) is 0 Å². The Balaban J connectivity index is 1.93. The van der Waals surface area contributed by atoms with Crippen LogP contribution in [-0.4, -0.2) is 30.2 Å². The van der Waals surface area contributed by atoms with Crippen LogP contribution in [0.25, 0.3) is 28.2 Å². The van der Waals surface area contributed by atoms with Crippen molar-refractivity contribution in [2.24, 2.45) is 0 Å². The molecule has 0 amide bonds. The Bertz CT molecular complexity index is 1670. The lowest BCUT2D eigenvalue weighted by molar-refractivity contribution is -0.147. The molecule has 0 spiro atoms. The first-order chi connectivity index (χ1) is 16.9. The highest BCUT2D eigenvalue weighted by molar-refractivity contribution is 7.89. The molecule has 0 aliphatic rings. The molecule has 4 rings (SSSR count). The van der Waals surface area contributed by atoms with Crippen LogP contribution in [0.1, 0.15) is 23.6 Å². The molecule has 3 heterocycles. The summed E-state index contributed by atoms with van der Waals surface area (Å²) in [6.07, 6.45) is -2.70. The van der Waals surface area contributed by atoms with E-state index in [0.29, 0.717) is 12.4 Å². The number of hydrogen-bond acceptors (Lipinski definition) is 6. The lowest BCUT2D eigenvalue weighted by atomic mass is 10.1. The van der Waals surface area contributed by atoms with Gasteiger partial charge in [-0.2, -0.15) is 28.4 Å². The Morgan fingerprint density at radius 1 is 1.17 bits per heavy atom. The monoisotopic (exact) mass is 517 g/mol. The number of rotatable bonds is 5. The average Bonchev–Trinajstić information content (AvgIpc) is 3.40. The number of alkyl halides is 3. The molecule has 1 N–H and O–H groups in total. The molecule has 8 nitrogen and oxygen atoms in total. The average molecular weight is 517 g/mol. The minimum Gasteiger partial charge on any atom is -0.447 e. The quantitative estimate of drug-likeness (QED) is 0.383. The normalized spacial score (nSPS) is 12.9. The minimum atomic E-state index is -4.79. The molecule has 1 aromatic carbocycles. The van der Waals surface area contributed by atoms with Crippen LogP contribution >= 0.6 is 0 Å². The largest absolute Gasteiger partial charge is 0.447 e. The smallest absolute Gasteiger partial charge is 0.404 e. The summed E-state index contributed by atoms with van der Waals surface area (Å²) in [4.78, 5) is 3.53. The summed E-state index contributed by atoms with van der Waals surface area (Å²) in [6.45, 7) is 2.17. The number of furan rings is 1. The molecular weight excluding hydrogens is 502 g/mol. The first-order valence-corrected chi connectivity index (χ1v) is 11.7. The molecule has 3 aromatic heterocycles. The molecule has 184 valence electrons. The number of nitriles is 2. The Labute approximate surface area is 202 Å². The number of aromatic nitrogens is 2. The number of benzene rings is 1. The molecule has 4 aromatic rings. The van der Waals surface area contributed by atoms with Crippen molar-refractivity contribution in [1.29, 1.82) is 10.5 Å². The van der Waals surface area contributed by atoms with Gasteiger partial charge in [0.25, 0.3) is 0 Å². The summed E-state index contributed by atoms with van der Waals surface area (Å²) < 4.78 is 86.1. The number of hydrogen-bond donors (Lipinski definition) is 1. The maximum atomic E-state index is 14.4. The van der Waals surface area contributed by atoms with Gasteiger partial charge in [-0.1, -0.05) is 0 Å². The third-order valence-corrected chi connectivity index (χ3v) is 6.97. The second-order valence-electron chi connectivity index (χ2n) is 7.80. The van der Waals surface area contributed by atoms with E-state index >= 15 is 0 Å². The summed E-state index contributed by atoms with van der Waals surface area (Å²) in [5.74, 6) is -0.564. The van der Waals surface area contributed by atoms with Gasteiger partial charge in [-0.15, -0.1) is 0 Å². The minimum absolute atomic E-state index is 0.0178. The Kier molecular flexibility index (Phi) is 6.08. The topological polar surface area (TPSA) is 125 Å². The number of nitrogens with one attached hydrogen (secondary N) is 1. The van der Waals surface area contributed by atoms with Crippen LogP contribution in [0.5, 0.6) is 0 Å². The molecule has 36 heavy (non-hydrogen) atoms. The fraction of sp³-hybridized carbons (Fsp3) is 0.174. The molecule has 1 unspecified atom stereocenters. The Hall–Kier alpha value is -4.20. The van der Waals surface area contributed by atoms with Crippen molar-refractivity contribution in [3.05, 3.63) is 65.3 Å². The van der Waals surface area contributed by atoms with Gasteiger partial charge in [0, 0.05) is 11.6 Å². The van der Waals surface area contributed by atoms with Gasteiger partial charge in [0.2, 0.25) is 15.9 Å². The van der Waals surface area contributed by atoms with E-state index in [2.05, 4.69) is 4.98 Å². The second-order valence-corrected chi connectivity index (χ2v) is 9.52. The summed E-state index contributed by atoms with van der Waals surface area (Å²) in [5.41, 5.74) is 0.751. The summed E-state index contributed by atoms with van der Waals surface area (Å²) in [7, 11) is -4.57. The molecule has 0 bridgehead atoms. The highest BCUT2D eigenvalue weighted by Crippen LogP contribution is 2.37. The van der Waals surface area contributed by atoms with Gasteiger partial charge in [0.1, 0.15) is 34.5 Å². The van der Waals surface area contributed by atoms with Gasteiger partial charge in [-0.05, 0) is 49.7 Å². The molecule has 0 saturated carbocycles. The number of fused-ring (bicyclic) bond motifs is 1. The third kappa shape index (κ3) is 4.19. The van der Waals surface area contributed by atoms with E-state index in [1.54, 1.807) is 0 Å². The van der Waals surface area contributed by atoms with Gasteiger partial charge < -0.3 is 4.42 Å². The number of pyridine rings is 1. The van der Waals surface area contributed by atoms with E-state index in [1.807, 2.05) is 12.1 Å². The third-order valence-electron chi connectivity index (χ3n) is 5.44. The van der Waals surface area contributed by atoms with Crippen molar-refractivity contribution < 1.29 is 30.4 Å². The van der Waals surface area contributed by atoms with Crippen molar-refractivity contribution >= 4 is 20.9 Å². The maximum absolute atomic E-state index is 14.4. The van der Waals surface area contributed by atoms with Gasteiger partial charge in [0.15, 0.2) is 0 Å². The van der Waals surface area contributed by atoms with Crippen molar-refractivity contribution in [3.63, 3.8) is 0 Å². The maximum Gasteiger partial charge on any atom is 0.404 e. The summed E-state index contributed by atoms with van der Waals surface area (Å²) in [5, 5.41) is 19.6. The summed E-state index contributed by atoms with van der Waals surface area (Å²) in [6, 6.07) is 7.82. The number of nitrogens with zero attached hydrogens (tertiary/aromatic N) is 4. The Morgan fingerprint density at radius 2 is 1.89 bits per heavy atom. The van der Waals surface area contributed by atoms with Crippen molar-refractivity contribution in [2.75, 3.05) is 0 Å². The van der Waals surface area contributed by atoms with E-state index in [-0.39, 0.29) is 39.3 Å². The standard InChI is InChI=1S/C23H15F4N5O3S/c1-12-7-20-16(8-18(12)24)17(10-29)21(32(20)22-14(9-28)5-6-35-22)19-4-3-15(11-30-19)36(33,34)31-13(2)23(25,26)27/h3-8,11,13,31H,1-2H3. The van der Waals surface area contributed by atoms with E-state index < -0.39 is 33.0 Å². The van der Waals surface area contributed by atoms with E-state index in [0.717, 1.165) is 18.3 Å². The predicted octanol–water partition coefficient (Wildman–Crippen LogP) is 4.71. The van der Waals surface area contributed by atoms with E-state index in [4.69, 9.17) is 4.42 Å². The molecule has 0 saturated heterocycles. The molecule has 0 aliphatic heterocycles. The van der Waals surface area contributed by atoms with E-state index in [9.17, 15) is 36.5 Å². The van der Waals surface area contributed by atoms with Crippen LogP contribution in [0.15, 0.2) is 52.1 Å². The SMILES string of the molecule is Cc1cc2c(cc1F)c(C#N)c(-c1ccc(S(=O)(=O)NC(C)C(F)(F)F)cn1)n2-c1occc1C#N. The lowest BCUT2D eigenvalue weighted by Gasteiger charge is -2.17. The molecule has 0 radical (unpaired) electrons. The van der Waals surface area contributed by atoms with Gasteiger partial charge in [-0.3, -0.25) is 9.55 Å². The van der Waals surface area contributed by atoms with Crippen LogP contribution in [-0.2, 0) is 10.0 Å². The van der Waals surface area contributed by atoms with Gasteiger partial charge in [-0.25, -0.2) is 12.8 Å². The predicted molar refractivity (Wildman–Crippen MR) is 119 cm³/mol.